The van der Waals surface area contributed by atoms with Crippen molar-refractivity contribution in [3.05, 3.63) is 12.8 Å². The van der Waals surface area contributed by atoms with Gasteiger partial charge in [-0.1, -0.05) is 141 Å². The Kier molecular flexibility index (Phi) is 18.5. The van der Waals surface area contributed by atoms with Crippen LogP contribution >= 0.6 is 0 Å². The second-order valence-electron chi connectivity index (χ2n) is 9.36. The van der Waals surface area contributed by atoms with Crippen molar-refractivity contribution < 1.29 is 9.53 Å². The molecule has 170 valence electrons. The van der Waals surface area contributed by atoms with Crippen molar-refractivity contribution in [1.29, 1.82) is 0 Å². The van der Waals surface area contributed by atoms with Crippen molar-refractivity contribution in [3.63, 3.8) is 0 Å². The van der Waals surface area contributed by atoms with Gasteiger partial charge in [-0.3, -0.25) is 4.79 Å². The fourth-order valence-electron chi connectivity index (χ4n) is 4.80. The van der Waals surface area contributed by atoms with E-state index >= 15 is 0 Å². The van der Waals surface area contributed by atoms with Crippen molar-refractivity contribution in [2.45, 2.75) is 148 Å². The summed E-state index contributed by atoms with van der Waals surface area (Å²) >= 11 is 0. The lowest BCUT2D eigenvalue weighted by Crippen LogP contribution is -2.05. The second kappa shape index (κ2) is 20.5. The first-order valence-corrected chi connectivity index (χ1v) is 13.1. The normalized spacial score (nSPS) is 14.8. The number of hydrogen-bond donors (Lipinski definition) is 0. The van der Waals surface area contributed by atoms with Crippen LogP contribution in [0, 0.1) is 5.92 Å². The standard InChI is InChI=1S/C27H50O2/c1-2-29-27(28)25-21-16-14-12-10-8-6-4-3-5-7-9-11-13-15-18-22-26-23-19-17-20-24-26/h2,26H,1,3-25H2. The number of unbranched alkanes of at least 4 members (excludes halogenated alkanes) is 15. The zero-order chi connectivity index (χ0) is 20.8. The molecule has 0 heterocycles. The van der Waals surface area contributed by atoms with Crippen molar-refractivity contribution in [1.82, 2.24) is 0 Å². The van der Waals surface area contributed by atoms with Gasteiger partial charge in [-0.2, -0.15) is 0 Å². The number of ether oxygens (including phenoxy) is 1. The quantitative estimate of drug-likeness (QED) is 0.114. The van der Waals surface area contributed by atoms with Crippen LogP contribution in [0.3, 0.4) is 0 Å². The van der Waals surface area contributed by atoms with Crippen LogP contribution in [-0.2, 0) is 9.53 Å². The summed E-state index contributed by atoms with van der Waals surface area (Å²) in [5.74, 6) is 0.937. The molecular formula is C27H50O2. The zero-order valence-corrected chi connectivity index (χ0v) is 19.4. The maximum atomic E-state index is 11.2. The molecule has 1 aliphatic rings. The summed E-state index contributed by atoms with van der Waals surface area (Å²) in [6.07, 6.45) is 32.8. The van der Waals surface area contributed by atoms with E-state index in [4.69, 9.17) is 4.74 Å². The van der Waals surface area contributed by atoms with Crippen molar-refractivity contribution in [3.8, 4) is 0 Å². The molecule has 0 aromatic heterocycles. The van der Waals surface area contributed by atoms with Gasteiger partial charge in [0.05, 0.1) is 6.26 Å². The maximum Gasteiger partial charge on any atom is 0.310 e. The molecule has 0 radical (unpaired) electrons. The van der Waals surface area contributed by atoms with Gasteiger partial charge in [0.2, 0.25) is 0 Å². The molecule has 2 nitrogen and oxygen atoms in total. The van der Waals surface area contributed by atoms with Crippen LogP contribution in [0.25, 0.3) is 0 Å². The fraction of sp³-hybridized carbons (Fsp3) is 0.889. The van der Waals surface area contributed by atoms with Crippen LogP contribution in [-0.4, -0.2) is 5.97 Å². The van der Waals surface area contributed by atoms with E-state index in [1.165, 1.54) is 135 Å². The fourth-order valence-corrected chi connectivity index (χ4v) is 4.80. The molecule has 0 saturated heterocycles. The zero-order valence-electron chi connectivity index (χ0n) is 19.4. The molecule has 0 aromatic rings. The molecule has 0 N–H and O–H groups in total. The third kappa shape index (κ3) is 17.8. The van der Waals surface area contributed by atoms with Crippen LogP contribution in [0.4, 0.5) is 0 Å². The Bertz CT molecular complexity index is 371. The molecule has 1 saturated carbocycles. The lowest BCUT2D eigenvalue weighted by atomic mass is 9.85. The molecule has 2 heteroatoms. The molecule has 0 unspecified atom stereocenters. The van der Waals surface area contributed by atoms with E-state index in [0.717, 1.165) is 18.8 Å². The second-order valence-corrected chi connectivity index (χ2v) is 9.36. The Morgan fingerprint density at radius 3 is 1.52 bits per heavy atom. The van der Waals surface area contributed by atoms with Crippen LogP contribution in [0.1, 0.15) is 148 Å². The highest BCUT2D eigenvalue weighted by Gasteiger charge is 2.12. The Labute approximate surface area is 182 Å². The number of carbonyl (C=O) groups is 1. The Balaban J connectivity index is 1.67. The third-order valence-electron chi connectivity index (χ3n) is 6.68. The number of esters is 1. The largest absolute Gasteiger partial charge is 0.435 e. The van der Waals surface area contributed by atoms with Crippen molar-refractivity contribution in [2.75, 3.05) is 0 Å². The van der Waals surface area contributed by atoms with Crippen molar-refractivity contribution >= 4 is 5.97 Å². The van der Waals surface area contributed by atoms with E-state index in [1.54, 1.807) is 0 Å². The number of carbonyl (C=O) groups excluding carboxylic acids is 1. The van der Waals surface area contributed by atoms with E-state index in [1.807, 2.05) is 0 Å². The Morgan fingerprint density at radius 2 is 1.07 bits per heavy atom. The van der Waals surface area contributed by atoms with E-state index in [2.05, 4.69) is 6.58 Å². The highest BCUT2D eigenvalue weighted by atomic mass is 16.5. The average Bonchev–Trinajstić information content (AvgIpc) is 2.74. The van der Waals surface area contributed by atoms with Crippen LogP contribution in [0.2, 0.25) is 0 Å². The molecule has 0 spiro atoms. The third-order valence-corrected chi connectivity index (χ3v) is 6.68. The minimum Gasteiger partial charge on any atom is -0.435 e. The highest BCUT2D eigenvalue weighted by Crippen LogP contribution is 2.28. The summed E-state index contributed by atoms with van der Waals surface area (Å²) in [4.78, 5) is 11.2. The summed E-state index contributed by atoms with van der Waals surface area (Å²) < 4.78 is 4.72. The topological polar surface area (TPSA) is 26.3 Å². The van der Waals surface area contributed by atoms with E-state index in [0.29, 0.717) is 6.42 Å². The van der Waals surface area contributed by atoms with Gasteiger partial charge in [0.15, 0.2) is 0 Å². The lowest BCUT2D eigenvalue weighted by molar-refractivity contribution is -0.138. The SMILES string of the molecule is C=COC(=O)CCCCCCCCCCCCCCCCCCC1CCCCC1. The lowest BCUT2D eigenvalue weighted by Gasteiger charge is -2.21. The van der Waals surface area contributed by atoms with Gasteiger partial charge in [-0.15, -0.1) is 0 Å². The molecule has 0 aliphatic heterocycles. The first kappa shape index (κ1) is 26.2. The number of rotatable bonds is 20. The molecule has 0 aromatic carbocycles. The van der Waals surface area contributed by atoms with Gasteiger partial charge >= 0.3 is 5.97 Å². The van der Waals surface area contributed by atoms with Gasteiger partial charge in [0.1, 0.15) is 0 Å². The molecule has 0 atom stereocenters. The van der Waals surface area contributed by atoms with Crippen LogP contribution < -0.4 is 0 Å². The van der Waals surface area contributed by atoms with Gasteiger partial charge in [0, 0.05) is 6.42 Å². The predicted molar refractivity (Wildman–Crippen MR) is 126 cm³/mol. The van der Waals surface area contributed by atoms with Gasteiger partial charge < -0.3 is 4.74 Å². The summed E-state index contributed by atoms with van der Waals surface area (Å²) in [5.41, 5.74) is 0. The molecule has 0 bridgehead atoms. The summed E-state index contributed by atoms with van der Waals surface area (Å²) in [6.45, 7) is 3.40. The smallest absolute Gasteiger partial charge is 0.310 e. The highest BCUT2D eigenvalue weighted by molar-refractivity contribution is 5.69. The Hall–Kier alpha value is -0.790. The summed E-state index contributed by atoms with van der Waals surface area (Å²) in [6, 6.07) is 0. The molecule has 1 fully saturated rings. The van der Waals surface area contributed by atoms with Crippen LogP contribution in [0.15, 0.2) is 12.8 Å². The van der Waals surface area contributed by atoms with Gasteiger partial charge in [-0.05, 0) is 12.3 Å². The predicted octanol–water partition coefficient (Wildman–Crippen LogP) is 9.28. The van der Waals surface area contributed by atoms with E-state index < -0.39 is 0 Å². The van der Waals surface area contributed by atoms with Crippen LogP contribution in [0.5, 0.6) is 0 Å². The molecule has 1 rings (SSSR count). The first-order valence-electron chi connectivity index (χ1n) is 13.1. The Morgan fingerprint density at radius 1 is 0.655 bits per heavy atom. The number of hydrogen-bond acceptors (Lipinski definition) is 2. The van der Waals surface area contributed by atoms with E-state index in [-0.39, 0.29) is 5.97 Å². The monoisotopic (exact) mass is 406 g/mol. The maximum absolute atomic E-state index is 11.2. The molecule has 0 amide bonds. The summed E-state index contributed by atoms with van der Waals surface area (Å²) in [7, 11) is 0. The van der Waals surface area contributed by atoms with Gasteiger partial charge in [0.25, 0.3) is 0 Å². The molecule has 29 heavy (non-hydrogen) atoms. The molecular weight excluding hydrogens is 356 g/mol. The first-order chi connectivity index (χ1) is 14.3. The van der Waals surface area contributed by atoms with Gasteiger partial charge in [-0.25, -0.2) is 0 Å². The average molecular weight is 407 g/mol. The molecule has 1 aliphatic carbocycles. The summed E-state index contributed by atoms with van der Waals surface area (Å²) in [5, 5.41) is 0. The minimum absolute atomic E-state index is 0.144. The van der Waals surface area contributed by atoms with E-state index in [9.17, 15) is 4.79 Å². The van der Waals surface area contributed by atoms with Crippen molar-refractivity contribution in [2.24, 2.45) is 5.92 Å². The minimum atomic E-state index is -0.144.